The predicted molar refractivity (Wildman–Crippen MR) is 118 cm³/mol. The SMILES string of the molecule is CC(c1ccccn1)N(C)C(=O)c1cc(NCc2ccoc2)cc(S(=O)(=O)N(C)C)c1. The summed E-state index contributed by atoms with van der Waals surface area (Å²) >= 11 is 0. The van der Waals surface area contributed by atoms with Crippen LogP contribution in [-0.2, 0) is 16.6 Å². The number of aromatic nitrogens is 1. The van der Waals surface area contributed by atoms with E-state index in [1.54, 1.807) is 36.7 Å². The second kappa shape index (κ2) is 9.32. The fraction of sp³-hybridized carbons (Fsp3) is 0.273. The van der Waals surface area contributed by atoms with Crippen molar-refractivity contribution in [3.8, 4) is 0 Å². The van der Waals surface area contributed by atoms with Crippen LogP contribution in [0.4, 0.5) is 5.69 Å². The number of sulfonamides is 1. The molecule has 0 aliphatic carbocycles. The first-order chi connectivity index (χ1) is 14.7. The van der Waals surface area contributed by atoms with Crippen LogP contribution in [0.1, 0.15) is 34.6 Å². The molecule has 1 N–H and O–H groups in total. The molecule has 9 heteroatoms. The zero-order chi connectivity index (χ0) is 22.6. The number of amides is 1. The van der Waals surface area contributed by atoms with Crippen molar-refractivity contribution in [2.45, 2.75) is 24.4 Å². The molecule has 164 valence electrons. The molecule has 31 heavy (non-hydrogen) atoms. The quantitative estimate of drug-likeness (QED) is 0.575. The van der Waals surface area contributed by atoms with Crippen molar-refractivity contribution in [3.05, 3.63) is 78.0 Å². The first-order valence-corrected chi connectivity index (χ1v) is 11.1. The van der Waals surface area contributed by atoms with E-state index in [-0.39, 0.29) is 22.4 Å². The van der Waals surface area contributed by atoms with Gasteiger partial charge in [-0.25, -0.2) is 12.7 Å². The average molecular weight is 443 g/mol. The molecule has 0 saturated heterocycles. The number of hydrogen-bond acceptors (Lipinski definition) is 6. The van der Waals surface area contributed by atoms with Gasteiger partial charge in [-0.1, -0.05) is 6.07 Å². The molecule has 1 atom stereocenters. The molecule has 0 radical (unpaired) electrons. The van der Waals surface area contributed by atoms with E-state index in [1.165, 1.54) is 26.2 Å². The number of benzene rings is 1. The first kappa shape index (κ1) is 22.5. The molecule has 3 aromatic rings. The van der Waals surface area contributed by atoms with Gasteiger partial charge in [-0.05, 0) is 43.3 Å². The zero-order valence-corrected chi connectivity index (χ0v) is 18.8. The molecule has 2 heterocycles. The summed E-state index contributed by atoms with van der Waals surface area (Å²) in [6.45, 7) is 2.30. The van der Waals surface area contributed by atoms with Crippen LogP contribution >= 0.6 is 0 Å². The molecule has 0 aliphatic rings. The Balaban J connectivity index is 1.95. The van der Waals surface area contributed by atoms with Crippen molar-refractivity contribution in [3.63, 3.8) is 0 Å². The minimum atomic E-state index is -3.73. The van der Waals surface area contributed by atoms with Gasteiger partial charge in [0.1, 0.15) is 0 Å². The van der Waals surface area contributed by atoms with Crippen LogP contribution in [0, 0.1) is 0 Å². The van der Waals surface area contributed by atoms with Crippen LogP contribution in [0.25, 0.3) is 0 Å². The number of anilines is 1. The van der Waals surface area contributed by atoms with Crippen LogP contribution in [0.3, 0.4) is 0 Å². The normalized spacial score (nSPS) is 12.5. The molecule has 2 aromatic heterocycles. The standard InChI is InChI=1S/C22H26N4O4S/c1-16(21-7-5-6-9-23-21)26(4)22(27)18-11-19(24-14-17-8-10-30-15-17)13-20(12-18)31(28,29)25(2)3/h5-13,15-16,24H,14H2,1-4H3. The van der Waals surface area contributed by atoms with E-state index in [2.05, 4.69) is 10.3 Å². The summed E-state index contributed by atoms with van der Waals surface area (Å²) in [5.74, 6) is -0.305. The summed E-state index contributed by atoms with van der Waals surface area (Å²) in [5.41, 5.74) is 2.43. The van der Waals surface area contributed by atoms with E-state index in [9.17, 15) is 13.2 Å². The van der Waals surface area contributed by atoms with Gasteiger partial charge in [0.25, 0.3) is 5.91 Å². The van der Waals surface area contributed by atoms with Crippen molar-refractivity contribution in [1.29, 1.82) is 0 Å². The Morgan fingerprint density at radius 1 is 1.16 bits per heavy atom. The van der Waals surface area contributed by atoms with Crippen molar-refractivity contribution >= 4 is 21.6 Å². The van der Waals surface area contributed by atoms with E-state index >= 15 is 0 Å². The largest absolute Gasteiger partial charge is 0.472 e. The van der Waals surface area contributed by atoms with E-state index in [0.29, 0.717) is 12.2 Å². The second-order valence-electron chi connectivity index (χ2n) is 7.37. The minimum Gasteiger partial charge on any atom is -0.472 e. The van der Waals surface area contributed by atoms with Gasteiger partial charge in [-0.3, -0.25) is 9.78 Å². The lowest BCUT2D eigenvalue weighted by atomic mass is 10.1. The van der Waals surface area contributed by atoms with Gasteiger partial charge in [0, 0.05) is 50.7 Å². The topological polar surface area (TPSA) is 95.7 Å². The summed E-state index contributed by atoms with van der Waals surface area (Å²) in [5, 5.41) is 3.17. The molecular weight excluding hydrogens is 416 g/mol. The molecule has 8 nitrogen and oxygen atoms in total. The van der Waals surface area contributed by atoms with Gasteiger partial charge >= 0.3 is 0 Å². The van der Waals surface area contributed by atoms with Crippen molar-refractivity contribution in [2.75, 3.05) is 26.5 Å². The highest BCUT2D eigenvalue weighted by Crippen LogP contribution is 2.25. The van der Waals surface area contributed by atoms with Gasteiger partial charge in [0.15, 0.2) is 0 Å². The molecule has 1 amide bonds. The highest BCUT2D eigenvalue weighted by molar-refractivity contribution is 7.89. The zero-order valence-electron chi connectivity index (χ0n) is 17.9. The highest BCUT2D eigenvalue weighted by Gasteiger charge is 2.24. The van der Waals surface area contributed by atoms with E-state index < -0.39 is 10.0 Å². The maximum atomic E-state index is 13.2. The average Bonchev–Trinajstić information content (AvgIpc) is 3.30. The molecule has 0 spiro atoms. The Bertz CT molecular complexity index is 1130. The summed E-state index contributed by atoms with van der Waals surface area (Å²) in [7, 11) is 0.852. The Kier molecular flexibility index (Phi) is 6.77. The summed E-state index contributed by atoms with van der Waals surface area (Å²) in [4.78, 5) is 19.1. The van der Waals surface area contributed by atoms with Crippen molar-refractivity contribution in [1.82, 2.24) is 14.2 Å². The Hall–Kier alpha value is -3.17. The number of nitrogens with zero attached hydrogens (tertiary/aromatic N) is 3. The van der Waals surface area contributed by atoms with Crippen molar-refractivity contribution < 1.29 is 17.6 Å². The van der Waals surface area contributed by atoms with Crippen LogP contribution in [-0.4, -0.2) is 49.7 Å². The molecule has 1 aromatic carbocycles. The van der Waals surface area contributed by atoms with Crippen LogP contribution in [0.5, 0.6) is 0 Å². The fourth-order valence-corrected chi connectivity index (χ4v) is 3.96. The number of furan rings is 1. The van der Waals surface area contributed by atoms with Gasteiger partial charge < -0.3 is 14.6 Å². The Morgan fingerprint density at radius 2 is 1.94 bits per heavy atom. The molecule has 0 fully saturated rings. The number of carbonyl (C=O) groups excluding carboxylic acids is 1. The number of hydrogen-bond donors (Lipinski definition) is 1. The Labute approximate surface area is 182 Å². The second-order valence-corrected chi connectivity index (χ2v) is 9.52. The maximum Gasteiger partial charge on any atom is 0.254 e. The first-order valence-electron chi connectivity index (χ1n) is 9.71. The third-order valence-electron chi connectivity index (χ3n) is 5.03. The number of carbonyl (C=O) groups is 1. The summed E-state index contributed by atoms with van der Waals surface area (Å²) in [6.07, 6.45) is 4.83. The summed E-state index contributed by atoms with van der Waals surface area (Å²) in [6, 6.07) is 11.6. The number of rotatable bonds is 8. The smallest absolute Gasteiger partial charge is 0.254 e. The fourth-order valence-electron chi connectivity index (χ4n) is 2.98. The molecule has 0 bridgehead atoms. The van der Waals surface area contributed by atoms with Crippen LogP contribution < -0.4 is 5.32 Å². The monoisotopic (exact) mass is 442 g/mol. The third kappa shape index (κ3) is 5.12. The summed E-state index contributed by atoms with van der Waals surface area (Å²) < 4.78 is 31.7. The van der Waals surface area contributed by atoms with Crippen LogP contribution in [0.15, 0.2) is 70.5 Å². The van der Waals surface area contributed by atoms with Gasteiger partial charge in [0.2, 0.25) is 10.0 Å². The van der Waals surface area contributed by atoms with Gasteiger partial charge in [-0.2, -0.15) is 0 Å². The molecule has 0 aliphatic heterocycles. The lowest BCUT2D eigenvalue weighted by Crippen LogP contribution is -2.30. The lowest BCUT2D eigenvalue weighted by Gasteiger charge is -2.25. The molecule has 1 unspecified atom stereocenters. The number of pyridine rings is 1. The minimum absolute atomic E-state index is 0.0388. The Morgan fingerprint density at radius 3 is 2.55 bits per heavy atom. The van der Waals surface area contributed by atoms with E-state index in [4.69, 9.17) is 4.42 Å². The van der Waals surface area contributed by atoms with Crippen molar-refractivity contribution in [2.24, 2.45) is 0 Å². The highest BCUT2D eigenvalue weighted by atomic mass is 32.2. The predicted octanol–water partition coefficient (Wildman–Crippen LogP) is 3.37. The number of nitrogens with one attached hydrogen (secondary N) is 1. The van der Waals surface area contributed by atoms with Gasteiger partial charge in [-0.15, -0.1) is 0 Å². The van der Waals surface area contributed by atoms with E-state index in [1.807, 2.05) is 31.2 Å². The maximum absolute atomic E-state index is 13.2. The molecule has 0 saturated carbocycles. The lowest BCUT2D eigenvalue weighted by molar-refractivity contribution is 0.0739. The molecule has 3 rings (SSSR count). The van der Waals surface area contributed by atoms with Gasteiger partial charge in [0.05, 0.1) is 29.2 Å². The molecular formula is C22H26N4O4S. The van der Waals surface area contributed by atoms with E-state index in [0.717, 1.165) is 15.6 Å². The third-order valence-corrected chi connectivity index (χ3v) is 6.82. The van der Waals surface area contributed by atoms with Crippen LogP contribution in [0.2, 0.25) is 0 Å².